The molecule has 1 rings (SSSR count). The van der Waals surface area contributed by atoms with Crippen LogP contribution in [0.1, 0.15) is 72.1 Å². The first-order valence-electron chi connectivity index (χ1n) is 8.07. The lowest BCUT2D eigenvalue weighted by Crippen LogP contribution is -2.46. The van der Waals surface area contributed by atoms with Crippen molar-refractivity contribution in [1.29, 1.82) is 0 Å². The fourth-order valence-electron chi connectivity index (χ4n) is 3.09. The van der Waals surface area contributed by atoms with Crippen LogP contribution in [0.15, 0.2) is 0 Å². The van der Waals surface area contributed by atoms with Crippen LogP contribution in [0.2, 0.25) is 0 Å². The molecular formula is C16H33NO. The molecule has 2 unspecified atom stereocenters. The first-order valence-corrected chi connectivity index (χ1v) is 8.07. The molecular weight excluding hydrogens is 222 g/mol. The van der Waals surface area contributed by atoms with Crippen molar-refractivity contribution in [3.63, 3.8) is 0 Å². The Hall–Kier alpha value is -0.0800. The maximum atomic E-state index is 6.33. The normalized spacial score (nSPS) is 28.5. The predicted molar refractivity (Wildman–Crippen MR) is 79.0 cm³/mol. The van der Waals surface area contributed by atoms with E-state index >= 15 is 0 Å². The van der Waals surface area contributed by atoms with Crippen LogP contribution in [0, 0.1) is 5.92 Å². The van der Waals surface area contributed by atoms with Crippen molar-refractivity contribution in [2.45, 2.75) is 77.7 Å². The second-order valence-corrected chi connectivity index (χ2v) is 6.12. The van der Waals surface area contributed by atoms with E-state index < -0.39 is 0 Å². The third kappa shape index (κ3) is 5.71. The van der Waals surface area contributed by atoms with Gasteiger partial charge < -0.3 is 10.1 Å². The first-order chi connectivity index (χ1) is 8.72. The van der Waals surface area contributed by atoms with E-state index in [9.17, 15) is 0 Å². The molecule has 1 fully saturated rings. The molecule has 0 heterocycles. The maximum Gasteiger partial charge on any atom is 0.0808 e. The molecule has 0 amide bonds. The monoisotopic (exact) mass is 255 g/mol. The second-order valence-electron chi connectivity index (χ2n) is 6.12. The lowest BCUT2D eigenvalue weighted by molar-refractivity contribution is -0.0802. The molecule has 0 bridgehead atoms. The van der Waals surface area contributed by atoms with E-state index in [1.165, 1.54) is 51.4 Å². The van der Waals surface area contributed by atoms with Crippen molar-refractivity contribution in [2.24, 2.45) is 5.92 Å². The minimum Gasteiger partial charge on any atom is -0.374 e. The largest absolute Gasteiger partial charge is 0.374 e. The molecule has 0 radical (unpaired) electrons. The number of nitrogens with one attached hydrogen (secondary N) is 1. The van der Waals surface area contributed by atoms with Crippen LogP contribution in [0.3, 0.4) is 0 Å². The molecule has 2 atom stereocenters. The number of hydrogen-bond acceptors (Lipinski definition) is 2. The van der Waals surface area contributed by atoms with Crippen molar-refractivity contribution in [3.05, 3.63) is 0 Å². The Morgan fingerprint density at radius 3 is 2.72 bits per heavy atom. The maximum absolute atomic E-state index is 6.33. The number of unbranched alkanes of at least 4 members (excludes halogenated alkanes) is 2. The molecule has 0 saturated heterocycles. The van der Waals surface area contributed by atoms with Gasteiger partial charge in [-0.2, -0.15) is 0 Å². The summed E-state index contributed by atoms with van der Waals surface area (Å²) >= 11 is 0. The molecule has 2 nitrogen and oxygen atoms in total. The molecule has 108 valence electrons. The summed E-state index contributed by atoms with van der Waals surface area (Å²) in [4.78, 5) is 0. The van der Waals surface area contributed by atoms with Crippen LogP contribution in [-0.4, -0.2) is 25.3 Å². The number of rotatable bonds is 9. The smallest absolute Gasteiger partial charge is 0.0808 e. The van der Waals surface area contributed by atoms with Crippen molar-refractivity contribution in [2.75, 3.05) is 19.7 Å². The van der Waals surface area contributed by atoms with E-state index in [1.807, 2.05) is 0 Å². The van der Waals surface area contributed by atoms with Gasteiger partial charge in [0.2, 0.25) is 0 Å². The molecule has 2 heteroatoms. The van der Waals surface area contributed by atoms with Gasteiger partial charge in [0.15, 0.2) is 0 Å². The zero-order chi connectivity index (χ0) is 13.3. The van der Waals surface area contributed by atoms with Gasteiger partial charge in [-0.05, 0) is 38.1 Å². The van der Waals surface area contributed by atoms with Gasteiger partial charge in [0.05, 0.1) is 5.60 Å². The lowest BCUT2D eigenvalue weighted by atomic mass is 9.78. The van der Waals surface area contributed by atoms with Gasteiger partial charge in [-0.3, -0.25) is 0 Å². The Morgan fingerprint density at radius 1 is 1.22 bits per heavy atom. The zero-order valence-electron chi connectivity index (χ0n) is 12.8. The number of hydrogen-bond donors (Lipinski definition) is 1. The zero-order valence-corrected chi connectivity index (χ0v) is 12.8. The van der Waals surface area contributed by atoms with Crippen LogP contribution >= 0.6 is 0 Å². The average Bonchev–Trinajstić information content (AvgIpc) is 2.35. The molecule has 0 aliphatic heterocycles. The Bertz CT molecular complexity index is 207. The molecule has 1 saturated carbocycles. The molecule has 0 aromatic rings. The summed E-state index contributed by atoms with van der Waals surface area (Å²) in [5, 5.41) is 3.58. The molecule has 18 heavy (non-hydrogen) atoms. The second kappa shape index (κ2) is 8.92. The van der Waals surface area contributed by atoms with Gasteiger partial charge in [-0.15, -0.1) is 0 Å². The van der Waals surface area contributed by atoms with Crippen LogP contribution < -0.4 is 5.32 Å². The molecule has 0 spiro atoms. The van der Waals surface area contributed by atoms with Gasteiger partial charge >= 0.3 is 0 Å². The minimum absolute atomic E-state index is 0.139. The fourth-order valence-corrected chi connectivity index (χ4v) is 3.09. The van der Waals surface area contributed by atoms with Crippen LogP contribution in [-0.2, 0) is 4.74 Å². The van der Waals surface area contributed by atoms with E-state index in [0.29, 0.717) is 0 Å². The average molecular weight is 255 g/mol. The number of ether oxygens (including phenoxy) is 1. The van der Waals surface area contributed by atoms with E-state index in [1.54, 1.807) is 0 Å². The summed E-state index contributed by atoms with van der Waals surface area (Å²) in [6, 6.07) is 0. The van der Waals surface area contributed by atoms with Gasteiger partial charge in [0, 0.05) is 13.2 Å². The Balaban J connectivity index is 2.39. The lowest BCUT2D eigenvalue weighted by Gasteiger charge is -2.40. The molecule has 1 aliphatic carbocycles. The highest BCUT2D eigenvalue weighted by molar-refractivity contribution is 4.89. The fraction of sp³-hybridized carbons (Fsp3) is 1.00. The van der Waals surface area contributed by atoms with E-state index in [-0.39, 0.29) is 5.60 Å². The summed E-state index contributed by atoms with van der Waals surface area (Å²) in [6.07, 6.45) is 10.2. The van der Waals surface area contributed by atoms with Gasteiger partial charge in [-0.1, -0.05) is 46.5 Å². The summed E-state index contributed by atoms with van der Waals surface area (Å²) in [7, 11) is 0. The quantitative estimate of drug-likeness (QED) is 0.625. The molecule has 1 aliphatic rings. The van der Waals surface area contributed by atoms with Crippen molar-refractivity contribution >= 4 is 0 Å². The highest BCUT2D eigenvalue weighted by Gasteiger charge is 2.35. The van der Waals surface area contributed by atoms with Crippen molar-refractivity contribution in [3.8, 4) is 0 Å². The summed E-state index contributed by atoms with van der Waals surface area (Å²) in [6.45, 7) is 9.98. The molecule has 1 N–H and O–H groups in total. The predicted octanol–water partition coefficient (Wildman–Crippen LogP) is 4.14. The first kappa shape index (κ1) is 16.0. The van der Waals surface area contributed by atoms with Crippen LogP contribution in [0.25, 0.3) is 0 Å². The standard InChI is InChI=1S/C16H33NO/c1-4-6-7-12-18-16(14-17-11-5-2)10-8-9-15(3)13-16/h15,17H,4-14H2,1-3H3. The van der Waals surface area contributed by atoms with Gasteiger partial charge in [0.1, 0.15) is 0 Å². The SMILES string of the molecule is CCCCCOC1(CNCCC)CCCC(C)C1. The third-order valence-corrected chi connectivity index (χ3v) is 4.08. The van der Waals surface area contributed by atoms with Crippen LogP contribution in [0.5, 0.6) is 0 Å². The highest BCUT2D eigenvalue weighted by Crippen LogP contribution is 2.35. The summed E-state index contributed by atoms with van der Waals surface area (Å²) < 4.78 is 6.33. The Morgan fingerprint density at radius 2 is 2.06 bits per heavy atom. The van der Waals surface area contributed by atoms with Crippen LogP contribution in [0.4, 0.5) is 0 Å². The topological polar surface area (TPSA) is 21.3 Å². The highest BCUT2D eigenvalue weighted by atomic mass is 16.5. The summed E-state index contributed by atoms with van der Waals surface area (Å²) in [5.41, 5.74) is 0.139. The third-order valence-electron chi connectivity index (χ3n) is 4.08. The molecule has 0 aromatic carbocycles. The van der Waals surface area contributed by atoms with E-state index in [0.717, 1.165) is 25.6 Å². The minimum atomic E-state index is 0.139. The van der Waals surface area contributed by atoms with E-state index in [2.05, 4.69) is 26.1 Å². The summed E-state index contributed by atoms with van der Waals surface area (Å²) in [5.74, 6) is 0.827. The van der Waals surface area contributed by atoms with Gasteiger partial charge in [-0.25, -0.2) is 0 Å². The Kier molecular flexibility index (Phi) is 7.92. The van der Waals surface area contributed by atoms with Gasteiger partial charge in [0.25, 0.3) is 0 Å². The molecule has 0 aromatic heterocycles. The van der Waals surface area contributed by atoms with Crippen molar-refractivity contribution in [1.82, 2.24) is 5.32 Å². The van der Waals surface area contributed by atoms with Crippen molar-refractivity contribution < 1.29 is 4.74 Å². The van der Waals surface area contributed by atoms with E-state index in [4.69, 9.17) is 4.74 Å². The Labute approximate surface area is 114 Å².